The number of nitrogens with zero attached hydrogens (tertiary/aromatic N) is 1. The van der Waals surface area contributed by atoms with E-state index < -0.39 is 23.1 Å². The zero-order valence-electron chi connectivity index (χ0n) is 11.0. The van der Waals surface area contributed by atoms with E-state index >= 15 is 0 Å². The van der Waals surface area contributed by atoms with E-state index in [2.05, 4.69) is 21.2 Å². The number of hydrogen-bond acceptors (Lipinski definition) is 2. The monoisotopic (exact) mass is 346 g/mol. The summed E-state index contributed by atoms with van der Waals surface area (Å²) in [6, 6.07) is 1.91. The molecule has 1 N–H and O–H groups in total. The fraction of sp³-hybridized carbons (Fsp3) is 0.385. The average molecular weight is 347 g/mol. The van der Waals surface area contributed by atoms with Crippen LogP contribution in [0, 0.1) is 11.6 Å². The summed E-state index contributed by atoms with van der Waals surface area (Å²) in [6.45, 7) is 3.06. The molecule has 0 saturated carbocycles. The number of carbonyl (C=O) groups excluding carboxylic acids is 2. The molecule has 4 nitrogen and oxygen atoms in total. The molecule has 0 bridgehead atoms. The zero-order chi connectivity index (χ0) is 15.1. The lowest BCUT2D eigenvalue weighted by Gasteiger charge is -2.29. The van der Waals surface area contributed by atoms with E-state index in [0.29, 0.717) is 0 Å². The maximum Gasteiger partial charge on any atom is 0.252 e. The third kappa shape index (κ3) is 2.67. The van der Waals surface area contributed by atoms with Crippen LogP contribution in [-0.4, -0.2) is 23.9 Å². The molecule has 0 aliphatic carbocycles. The molecule has 2 amide bonds. The standard InChI is InChI=1S/C13H13BrF2N2O2/c1-13(2)12(20)18(4-3-11(19)17-13)10-6-8(15)7(14)5-9(10)16/h5-6H,3-4H2,1-2H3,(H,17,19). The SMILES string of the molecule is CC1(C)NC(=O)CCN(c2cc(F)c(Br)cc2F)C1=O. The summed E-state index contributed by atoms with van der Waals surface area (Å²) in [7, 11) is 0. The van der Waals surface area contributed by atoms with Crippen LogP contribution in [-0.2, 0) is 9.59 Å². The van der Waals surface area contributed by atoms with Gasteiger partial charge in [0.25, 0.3) is 5.91 Å². The van der Waals surface area contributed by atoms with E-state index in [-0.39, 0.29) is 29.0 Å². The van der Waals surface area contributed by atoms with Crippen LogP contribution in [0.25, 0.3) is 0 Å². The van der Waals surface area contributed by atoms with E-state index in [1.54, 1.807) is 0 Å². The summed E-state index contributed by atoms with van der Waals surface area (Å²) in [4.78, 5) is 25.0. The Morgan fingerprint density at radius 1 is 1.25 bits per heavy atom. The van der Waals surface area contributed by atoms with Crippen molar-refractivity contribution in [1.29, 1.82) is 0 Å². The molecule has 1 fully saturated rings. The van der Waals surface area contributed by atoms with E-state index in [9.17, 15) is 18.4 Å². The number of hydrogen-bond donors (Lipinski definition) is 1. The number of amides is 2. The maximum absolute atomic E-state index is 14.0. The Kier molecular flexibility index (Phi) is 3.82. The highest BCUT2D eigenvalue weighted by Gasteiger charge is 2.38. The normalized spacial score (nSPS) is 18.8. The quantitative estimate of drug-likeness (QED) is 0.793. The topological polar surface area (TPSA) is 49.4 Å². The maximum atomic E-state index is 14.0. The van der Waals surface area contributed by atoms with Crippen molar-refractivity contribution >= 4 is 33.4 Å². The Balaban J connectivity index is 2.48. The Morgan fingerprint density at radius 3 is 2.55 bits per heavy atom. The Labute approximate surface area is 123 Å². The van der Waals surface area contributed by atoms with Crippen molar-refractivity contribution in [2.75, 3.05) is 11.4 Å². The van der Waals surface area contributed by atoms with Crippen molar-refractivity contribution in [3.63, 3.8) is 0 Å². The second-order valence-electron chi connectivity index (χ2n) is 5.10. The fourth-order valence-electron chi connectivity index (χ4n) is 2.07. The first-order chi connectivity index (χ1) is 9.22. The third-order valence-electron chi connectivity index (χ3n) is 3.07. The average Bonchev–Trinajstić information content (AvgIpc) is 2.43. The van der Waals surface area contributed by atoms with Crippen LogP contribution in [0.2, 0.25) is 0 Å². The van der Waals surface area contributed by atoms with Gasteiger partial charge in [0.15, 0.2) is 0 Å². The van der Waals surface area contributed by atoms with Gasteiger partial charge in [0, 0.05) is 19.0 Å². The third-order valence-corrected chi connectivity index (χ3v) is 3.68. The first kappa shape index (κ1) is 14.9. The number of halogens is 3. The zero-order valence-corrected chi connectivity index (χ0v) is 12.6. The first-order valence-electron chi connectivity index (χ1n) is 6.00. The number of benzene rings is 1. The predicted octanol–water partition coefficient (Wildman–Crippen LogP) is 2.36. The molecular weight excluding hydrogens is 334 g/mol. The number of rotatable bonds is 1. The minimum atomic E-state index is -1.16. The highest BCUT2D eigenvalue weighted by Crippen LogP contribution is 2.29. The van der Waals surface area contributed by atoms with Crippen LogP contribution in [0.5, 0.6) is 0 Å². The van der Waals surface area contributed by atoms with Crippen molar-refractivity contribution in [3.8, 4) is 0 Å². The van der Waals surface area contributed by atoms with Gasteiger partial charge < -0.3 is 10.2 Å². The van der Waals surface area contributed by atoms with Gasteiger partial charge in [-0.25, -0.2) is 8.78 Å². The van der Waals surface area contributed by atoms with Gasteiger partial charge in [-0.1, -0.05) is 0 Å². The summed E-state index contributed by atoms with van der Waals surface area (Å²) < 4.78 is 27.5. The van der Waals surface area contributed by atoms with Gasteiger partial charge in [0.05, 0.1) is 10.2 Å². The number of carbonyl (C=O) groups is 2. The molecule has 0 unspecified atom stereocenters. The van der Waals surface area contributed by atoms with Crippen molar-refractivity contribution in [2.24, 2.45) is 0 Å². The molecule has 1 saturated heterocycles. The molecule has 1 aliphatic heterocycles. The van der Waals surface area contributed by atoms with Gasteiger partial charge in [0.2, 0.25) is 5.91 Å². The van der Waals surface area contributed by atoms with E-state index in [1.807, 2.05) is 0 Å². The molecule has 0 spiro atoms. The van der Waals surface area contributed by atoms with E-state index in [4.69, 9.17) is 0 Å². The lowest BCUT2D eigenvalue weighted by atomic mass is 10.0. The molecular formula is C13H13BrF2N2O2. The van der Waals surface area contributed by atoms with Crippen LogP contribution in [0.4, 0.5) is 14.5 Å². The Morgan fingerprint density at radius 2 is 1.90 bits per heavy atom. The van der Waals surface area contributed by atoms with Crippen molar-refractivity contribution < 1.29 is 18.4 Å². The second kappa shape index (κ2) is 5.12. The van der Waals surface area contributed by atoms with Gasteiger partial charge in [-0.3, -0.25) is 9.59 Å². The smallest absolute Gasteiger partial charge is 0.252 e. The highest BCUT2D eigenvalue weighted by molar-refractivity contribution is 9.10. The largest absolute Gasteiger partial charge is 0.342 e. The minimum Gasteiger partial charge on any atom is -0.342 e. The molecule has 1 heterocycles. The van der Waals surface area contributed by atoms with E-state index in [1.165, 1.54) is 13.8 Å². The summed E-state index contributed by atoms with van der Waals surface area (Å²) in [5.41, 5.74) is -1.33. The molecule has 1 aliphatic rings. The van der Waals surface area contributed by atoms with Gasteiger partial charge in [-0.2, -0.15) is 0 Å². The van der Waals surface area contributed by atoms with Crippen LogP contribution >= 0.6 is 15.9 Å². The van der Waals surface area contributed by atoms with Crippen LogP contribution < -0.4 is 10.2 Å². The van der Waals surface area contributed by atoms with Crippen molar-refractivity contribution in [1.82, 2.24) is 5.32 Å². The highest BCUT2D eigenvalue weighted by atomic mass is 79.9. The lowest BCUT2D eigenvalue weighted by molar-refractivity contribution is -0.128. The molecule has 1 aromatic carbocycles. The van der Waals surface area contributed by atoms with Crippen molar-refractivity contribution in [3.05, 3.63) is 28.2 Å². The molecule has 0 radical (unpaired) electrons. The summed E-state index contributed by atoms with van der Waals surface area (Å²) in [5, 5.41) is 2.56. The minimum absolute atomic E-state index is 0.00604. The summed E-state index contributed by atoms with van der Waals surface area (Å²) in [6.07, 6.45) is 0.0340. The first-order valence-corrected chi connectivity index (χ1v) is 6.79. The molecule has 0 aromatic heterocycles. The molecule has 2 rings (SSSR count). The second-order valence-corrected chi connectivity index (χ2v) is 5.95. The van der Waals surface area contributed by atoms with Crippen molar-refractivity contribution in [2.45, 2.75) is 25.8 Å². The summed E-state index contributed by atoms with van der Waals surface area (Å²) in [5.74, 6) is -2.18. The number of nitrogens with one attached hydrogen (secondary N) is 1. The molecule has 20 heavy (non-hydrogen) atoms. The molecule has 108 valence electrons. The van der Waals surface area contributed by atoms with Crippen LogP contribution in [0.15, 0.2) is 16.6 Å². The summed E-state index contributed by atoms with van der Waals surface area (Å²) >= 11 is 2.88. The van der Waals surface area contributed by atoms with E-state index in [0.717, 1.165) is 17.0 Å². The fourth-order valence-corrected chi connectivity index (χ4v) is 2.38. The van der Waals surface area contributed by atoms with Crippen LogP contribution in [0.1, 0.15) is 20.3 Å². The molecule has 0 atom stereocenters. The molecule has 1 aromatic rings. The lowest BCUT2D eigenvalue weighted by Crippen LogP contribution is -2.53. The molecule has 7 heteroatoms. The van der Waals surface area contributed by atoms with Gasteiger partial charge in [-0.05, 0) is 35.8 Å². The van der Waals surface area contributed by atoms with Gasteiger partial charge in [-0.15, -0.1) is 0 Å². The predicted molar refractivity (Wildman–Crippen MR) is 73.2 cm³/mol. The van der Waals surface area contributed by atoms with Gasteiger partial charge >= 0.3 is 0 Å². The van der Waals surface area contributed by atoms with Crippen LogP contribution in [0.3, 0.4) is 0 Å². The number of anilines is 1. The Bertz CT molecular complexity index is 590. The van der Waals surface area contributed by atoms with Gasteiger partial charge in [0.1, 0.15) is 17.2 Å². The Hall–Kier alpha value is -1.50.